The summed E-state index contributed by atoms with van der Waals surface area (Å²) in [6.45, 7) is 4.27. The number of rotatable bonds is 3. The second-order valence-corrected chi connectivity index (χ2v) is 6.67. The van der Waals surface area contributed by atoms with E-state index < -0.39 is 0 Å². The van der Waals surface area contributed by atoms with Gasteiger partial charge in [0.25, 0.3) is 0 Å². The van der Waals surface area contributed by atoms with Gasteiger partial charge in [0, 0.05) is 43.3 Å². The van der Waals surface area contributed by atoms with Crippen LogP contribution in [0.25, 0.3) is 0 Å². The molecule has 0 bridgehead atoms. The van der Waals surface area contributed by atoms with Crippen LogP contribution in [0.2, 0.25) is 0 Å². The standard InChI is InChI=1S/C17H20FN3OS/c18-14-4-6-15(7-5-14)19-17(22)21-9-2-8-20(10-11-21)13-16-3-1-12-23-16/h1,3-7,12H,2,8-11,13H2,(H,19,22). The lowest BCUT2D eigenvalue weighted by atomic mass is 10.3. The van der Waals surface area contributed by atoms with Crippen LogP contribution in [-0.2, 0) is 6.54 Å². The highest BCUT2D eigenvalue weighted by atomic mass is 32.1. The summed E-state index contributed by atoms with van der Waals surface area (Å²) in [7, 11) is 0. The first-order valence-corrected chi connectivity index (χ1v) is 8.65. The molecule has 1 fully saturated rings. The van der Waals surface area contributed by atoms with Crippen molar-refractivity contribution in [2.75, 3.05) is 31.5 Å². The zero-order chi connectivity index (χ0) is 16.1. The Labute approximate surface area is 139 Å². The maximum atomic E-state index is 12.9. The topological polar surface area (TPSA) is 35.6 Å². The van der Waals surface area contributed by atoms with E-state index in [1.165, 1.54) is 17.0 Å². The summed E-state index contributed by atoms with van der Waals surface area (Å²) in [5, 5.41) is 4.92. The normalized spacial score (nSPS) is 16.1. The molecule has 3 rings (SSSR count). The van der Waals surface area contributed by atoms with Crippen LogP contribution in [-0.4, -0.2) is 42.0 Å². The number of anilines is 1. The Morgan fingerprint density at radius 3 is 2.70 bits per heavy atom. The van der Waals surface area contributed by atoms with E-state index in [9.17, 15) is 9.18 Å². The molecule has 1 aliphatic rings. The maximum absolute atomic E-state index is 12.9. The molecular formula is C17H20FN3OS. The summed E-state index contributed by atoms with van der Waals surface area (Å²) in [6, 6.07) is 9.95. The Kier molecular flexibility index (Phi) is 5.25. The second kappa shape index (κ2) is 7.57. The third-order valence-corrected chi connectivity index (χ3v) is 4.79. The highest BCUT2D eigenvalue weighted by Gasteiger charge is 2.19. The smallest absolute Gasteiger partial charge is 0.321 e. The quantitative estimate of drug-likeness (QED) is 0.931. The molecule has 2 amide bonds. The van der Waals surface area contributed by atoms with E-state index in [0.717, 1.165) is 32.6 Å². The number of nitrogens with zero attached hydrogens (tertiary/aromatic N) is 2. The minimum absolute atomic E-state index is 0.116. The Bertz CT molecular complexity index is 630. The van der Waals surface area contributed by atoms with Crippen molar-refractivity contribution in [2.24, 2.45) is 0 Å². The molecule has 1 aliphatic heterocycles. The zero-order valence-corrected chi connectivity index (χ0v) is 13.7. The van der Waals surface area contributed by atoms with Gasteiger partial charge >= 0.3 is 6.03 Å². The molecule has 0 spiro atoms. The van der Waals surface area contributed by atoms with E-state index in [-0.39, 0.29) is 11.8 Å². The lowest BCUT2D eigenvalue weighted by Crippen LogP contribution is -2.37. The van der Waals surface area contributed by atoms with Crippen molar-refractivity contribution in [3.05, 3.63) is 52.5 Å². The van der Waals surface area contributed by atoms with Crippen LogP contribution in [0.1, 0.15) is 11.3 Å². The third kappa shape index (κ3) is 4.53. The van der Waals surface area contributed by atoms with Crippen molar-refractivity contribution in [2.45, 2.75) is 13.0 Å². The first-order chi connectivity index (χ1) is 11.2. The summed E-state index contributed by atoms with van der Waals surface area (Å²) in [5.74, 6) is -0.304. The van der Waals surface area contributed by atoms with Crippen molar-refractivity contribution >= 4 is 23.1 Å². The van der Waals surface area contributed by atoms with Crippen LogP contribution >= 0.6 is 11.3 Å². The summed E-state index contributed by atoms with van der Waals surface area (Å²) < 4.78 is 12.9. The van der Waals surface area contributed by atoms with Crippen molar-refractivity contribution in [1.82, 2.24) is 9.80 Å². The number of thiophene rings is 1. The van der Waals surface area contributed by atoms with E-state index in [4.69, 9.17) is 0 Å². The SMILES string of the molecule is O=C(Nc1ccc(F)cc1)N1CCCN(Cc2cccs2)CC1. The molecule has 0 radical (unpaired) electrons. The number of carbonyl (C=O) groups excluding carboxylic acids is 1. The molecule has 1 aromatic heterocycles. The molecule has 122 valence electrons. The molecule has 0 aliphatic carbocycles. The van der Waals surface area contributed by atoms with Gasteiger partial charge in [0.1, 0.15) is 5.82 Å². The first kappa shape index (κ1) is 16.0. The summed E-state index contributed by atoms with van der Waals surface area (Å²) in [6.07, 6.45) is 0.961. The number of nitrogens with one attached hydrogen (secondary N) is 1. The fraction of sp³-hybridized carbons (Fsp3) is 0.353. The maximum Gasteiger partial charge on any atom is 0.321 e. The molecule has 4 nitrogen and oxygen atoms in total. The fourth-order valence-electron chi connectivity index (χ4n) is 2.69. The highest BCUT2D eigenvalue weighted by Crippen LogP contribution is 2.15. The van der Waals surface area contributed by atoms with E-state index in [0.29, 0.717) is 12.2 Å². The molecule has 6 heteroatoms. The molecule has 23 heavy (non-hydrogen) atoms. The van der Waals surface area contributed by atoms with Crippen LogP contribution in [0.15, 0.2) is 41.8 Å². The Hall–Kier alpha value is -1.92. The minimum atomic E-state index is -0.304. The second-order valence-electron chi connectivity index (χ2n) is 5.63. The minimum Gasteiger partial charge on any atom is -0.323 e. The largest absolute Gasteiger partial charge is 0.323 e. The Balaban J connectivity index is 1.52. The number of amides is 2. The van der Waals surface area contributed by atoms with E-state index >= 15 is 0 Å². The van der Waals surface area contributed by atoms with Crippen LogP contribution in [0, 0.1) is 5.82 Å². The van der Waals surface area contributed by atoms with Gasteiger partial charge in [-0.05, 0) is 42.1 Å². The molecule has 0 unspecified atom stereocenters. The van der Waals surface area contributed by atoms with Gasteiger partial charge < -0.3 is 10.2 Å². The van der Waals surface area contributed by atoms with Crippen molar-refractivity contribution in [3.8, 4) is 0 Å². The van der Waals surface area contributed by atoms with Crippen LogP contribution < -0.4 is 5.32 Å². The molecule has 1 aromatic carbocycles. The van der Waals surface area contributed by atoms with Crippen molar-refractivity contribution in [1.29, 1.82) is 0 Å². The number of halogens is 1. The van der Waals surface area contributed by atoms with Gasteiger partial charge in [-0.25, -0.2) is 9.18 Å². The van der Waals surface area contributed by atoms with Gasteiger partial charge in [-0.3, -0.25) is 4.90 Å². The molecule has 1 N–H and O–H groups in total. The van der Waals surface area contributed by atoms with Gasteiger partial charge in [0.2, 0.25) is 0 Å². The molecule has 0 saturated carbocycles. The van der Waals surface area contributed by atoms with E-state index in [1.807, 2.05) is 4.90 Å². The van der Waals surface area contributed by atoms with Gasteiger partial charge in [-0.1, -0.05) is 6.07 Å². The van der Waals surface area contributed by atoms with Gasteiger partial charge in [0.15, 0.2) is 0 Å². The Morgan fingerprint density at radius 1 is 1.13 bits per heavy atom. The number of hydrogen-bond acceptors (Lipinski definition) is 3. The van der Waals surface area contributed by atoms with Crippen LogP contribution in [0.4, 0.5) is 14.9 Å². The van der Waals surface area contributed by atoms with E-state index in [2.05, 4.69) is 27.7 Å². The number of carbonyl (C=O) groups is 1. The zero-order valence-electron chi connectivity index (χ0n) is 12.9. The van der Waals surface area contributed by atoms with E-state index in [1.54, 1.807) is 23.5 Å². The van der Waals surface area contributed by atoms with Crippen LogP contribution in [0.5, 0.6) is 0 Å². The molecule has 2 heterocycles. The lowest BCUT2D eigenvalue weighted by molar-refractivity contribution is 0.211. The lowest BCUT2D eigenvalue weighted by Gasteiger charge is -2.22. The average Bonchev–Trinajstić information content (AvgIpc) is 2.94. The summed E-state index contributed by atoms with van der Waals surface area (Å²) >= 11 is 1.77. The highest BCUT2D eigenvalue weighted by molar-refractivity contribution is 7.09. The van der Waals surface area contributed by atoms with Gasteiger partial charge in [0.05, 0.1) is 0 Å². The molecule has 1 saturated heterocycles. The third-order valence-electron chi connectivity index (χ3n) is 3.93. The van der Waals surface area contributed by atoms with Crippen molar-refractivity contribution in [3.63, 3.8) is 0 Å². The monoisotopic (exact) mass is 333 g/mol. The number of hydrogen-bond donors (Lipinski definition) is 1. The molecule has 0 atom stereocenters. The van der Waals surface area contributed by atoms with Crippen LogP contribution in [0.3, 0.4) is 0 Å². The number of urea groups is 1. The first-order valence-electron chi connectivity index (χ1n) is 7.77. The number of benzene rings is 1. The summed E-state index contributed by atoms with van der Waals surface area (Å²) in [5.41, 5.74) is 0.621. The Morgan fingerprint density at radius 2 is 1.96 bits per heavy atom. The predicted octanol–water partition coefficient (Wildman–Crippen LogP) is 3.63. The van der Waals surface area contributed by atoms with Gasteiger partial charge in [-0.15, -0.1) is 11.3 Å². The summed E-state index contributed by atoms with van der Waals surface area (Å²) in [4.78, 5) is 17.9. The predicted molar refractivity (Wildman–Crippen MR) is 91.2 cm³/mol. The molecule has 2 aromatic rings. The van der Waals surface area contributed by atoms with Gasteiger partial charge in [-0.2, -0.15) is 0 Å². The fourth-order valence-corrected chi connectivity index (χ4v) is 3.44. The van der Waals surface area contributed by atoms with Crippen molar-refractivity contribution < 1.29 is 9.18 Å². The average molecular weight is 333 g/mol. The molecular weight excluding hydrogens is 313 g/mol.